The summed E-state index contributed by atoms with van der Waals surface area (Å²) in [6.45, 7) is 10.5. The highest BCUT2D eigenvalue weighted by atomic mass is 35.5. The van der Waals surface area contributed by atoms with Crippen molar-refractivity contribution in [2.45, 2.75) is 67.3 Å². The van der Waals surface area contributed by atoms with E-state index in [1.54, 1.807) is 24.3 Å². The van der Waals surface area contributed by atoms with Gasteiger partial charge in [-0.25, -0.2) is 9.78 Å². The molecule has 0 unspecified atom stereocenters. The first kappa shape index (κ1) is 40.5. The Morgan fingerprint density at radius 2 is 1.62 bits per heavy atom. The number of Topliss-reactive ketones (excluding diaryl/α,β-unsaturated/α-hetero) is 1. The molecule has 1 aromatic heterocycles. The van der Waals surface area contributed by atoms with Crippen LogP contribution in [0.25, 0.3) is 11.3 Å². The zero-order valence-corrected chi connectivity index (χ0v) is 29.7. The van der Waals surface area contributed by atoms with Gasteiger partial charge in [-0.1, -0.05) is 80.0 Å². The molecule has 50 heavy (non-hydrogen) atoms. The van der Waals surface area contributed by atoms with Gasteiger partial charge in [0.05, 0.1) is 5.69 Å². The number of benzene rings is 3. The molecule has 266 valence electrons. The average Bonchev–Trinajstić information content (AvgIpc) is 3.05. The van der Waals surface area contributed by atoms with Gasteiger partial charge in [-0.3, -0.25) is 14.2 Å². The van der Waals surface area contributed by atoms with E-state index in [4.69, 9.17) is 27.8 Å². The standard InChI is InChI=1S/C31H32ClN7O5.C3H6O.C2H6/c1-18(2)36-29-30(42)39(26(27(32)37-29)22-12-23(33)14-24(40)13-22)16-25(41)35-15-19-8-10-21(11-9-19)28(34)38-31(43)44-17-20-6-4-3-5-7-20;1-3(2)4;1-2/h3-14,18,40H,15-17,33H2,1-2H3,(H,35,41)(H,36,37)(H2,34,38,43);1-2H3;1-2H3. The largest absolute Gasteiger partial charge is 0.508 e. The molecule has 14 heteroatoms. The van der Waals surface area contributed by atoms with Gasteiger partial charge >= 0.3 is 6.09 Å². The van der Waals surface area contributed by atoms with Crippen molar-refractivity contribution in [1.82, 2.24) is 14.9 Å². The Balaban J connectivity index is 0.00000135. The predicted octanol–water partition coefficient (Wildman–Crippen LogP) is 5.65. The topological polar surface area (TPSA) is 204 Å². The van der Waals surface area contributed by atoms with Crippen molar-refractivity contribution in [3.05, 3.63) is 105 Å². The van der Waals surface area contributed by atoms with E-state index in [0.29, 0.717) is 11.1 Å². The molecule has 0 fully saturated rings. The van der Waals surface area contributed by atoms with Gasteiger partial charge in [0, 0.05) is 35.5 Å². The van der Waals surface area contributed by atoms with E-state index in [2.05, 4.69) is 20.6 Å². The molecular weight excluding hydrogens is 662 g/mol. The number of amides is 2. The number of hydrogen-bond donors (Lipinski definition) is 5. The van der Waals surface area contributed by atoms with Crippen molar-refractivity contribution >= 4 is 46.7 Å². The second kappa shape index (κ2) is 20.0. The minimum absolute atomic E-state index is 0.0153. The SMILES string of the molecule is CC.CC(C)=O.CC(C)Nc1nc(Cl)c(-c2cc(N)cc(O)c2)n(CC(=O)NCc2ccc(/C(N)=N/C(=O)OCc3ccccc3)cc2)c1=O. The Bertz CT molecular complexity index is 1820. The zero-order chi connectivity index (χ0) is 37.4. The van der Waals surface area contributed by atoms with Crippen molar-refractivity contribution in [2.24, 2.45) is 10.7 Å². The highest BCUT2D eigenvalue weighted by molar-refractivity contribution is 6.32. The number of nitrogens with one attached hydrogen (secondary N) is 2. The molecule has 2 amide bonds. The van der Waals surface area contributed by atoms with Crippen molar-refractivity contribution in [3.63, 3.8) is 0 Å². The molecule has 4 aromatic rings. The minimum Gasteiger partial charge on any atom is -0.508 e. The fourth-order valence-corrected chi connectivity index (χ4v) is 4.51. The molecule has 0 atom stereocenters. The van der Waals surface area contributed by atoms with Gasteiger partial charge in [-0.2, -0.15) is 4.99 Å². The molecule has 0 radical (unpaired) electrons. The molecule has 0 aliphatic rings. The van der Waals surface area contributed by atoms with Crippen LogP contribution >= 0.6 is 11.6 Å². The molecule has 0 saturated heterocycles. The number of aliphatic imine (C=N–C) groups is 1. The number of anilines is 2. The van der Waals surface area contributed by atoms with Crippen molar-refractivity contribution in [2.75, 3.05) is 11.1 Å². The summed E-state index contributed by atoms with van der Waals surface area (Å²) in [5, 5.41) is 15.7. The van der Waals surface area contributed by atoms with Crippen LogP contribution in [0.5, 0.6) is 5.75 Å². The summed E-state index contributed by atoms with van der Waals surface area (Å²) in [5.74, 6) is -0.486. The maximum absolute atomic E-state index is 13.4. The highest BCUT2D eigenvalue weighted by Gasteiger charge is 2.20. The molecule has 0 saturated carbocycles. The van der Waals surface area contributed by atoms with E-state index in [1.165, 1.54) is 36.6 Å². The number of nitrogens with zero attached hydrogens (tertiary/aromatic N) is 3. The minimum atomic E-state index is -0.811. The smallest absolute Gasteiger partial charge is 0.435 e. The van der Waals surface area contributed by atoms with Gasteiger partial charge < -0.3 is 36.7 Å². The second-order valence-electron chi connectivity index (χ2n) is 11.0. The van der Waals surface area contributed by atoms with Crippen LogP contribution in [0.15, 0.2) is 82.6 Å². The summed E-state index contributed by atoms with van der Waals surface area (Å²) in [6.07, 6.45) is -0.811. The lowest BCUT2D eigenvalue weighted by molar-refractivity contribution is -0.121. The Morgan fingerprint density at radius 3 is 2.20 bits per heavy atom. The summed E-state index contributed by atoms with van der Waals surface area (Å²) >= 11 is 6.49. The number of nitrogen functional groups attached to an aromatic ring is 1. The molecule has 0 aliphatic heterocycles. The summed E-state index contributed by atoms with van der Waals surface area (Å²) in [6, 6.07) is 20.1. The lowest BCUT2D eigenvalue weighted by Gasteiger charge is -2.18. The number of ketones is 1. The third-order valence-corrected chi connectivity index (χ3v) is 6.48. The molecule has 0 aliphatic carbocycles. The third kappa shape index (κ3) is 13.1. The maximum Gasteiger partial charge on any atom is 0.435 e. The Morgan fingerprint density at radius 1 is 1.00 bits per heavy atom. The van der Waals surface area contributed by atoms with Crippen LogP contribution < -0.4 is 27.7 Å². The average molecular weight is 706 g/mol. The van der Waals surface area contributed by atoms with E-state index >= 15 is 0 Å². The number of phenolic OH excluding ortho intramolecular Hbond substituents is 1. The first-order valence-corrected chi connectivity index (χ1v) is 16.2. The van der Waals surface area contributed by atoms with E-state index < -0.39 is 17.6 Å². The van der Waals surface area contributed by atoms with Gasteiger partial charge in [0.15, 0.2) is 11.0 Å². The normalized spacial score (nSPS) is 10.6. The summed E-state index contributed by atoms with van der Waals surface area (Å²) < 4.78 is 6.32. The Kier molecular flexibility index (Phi) is 16.2. The number of phenols is 1. The van der Waals surface area contributed by atoms with E-state index in [9.17, 15) is 24.3 Å². The van der Waals surface area contributed by atoms with Crippen molar-refractivity contribution in [3.8, 4) is 17.0 Å². The zero-order valence-electron chi connectivity index (χ0n) is 29.0. The van der Waals surface area contributed by atoms with E-state index in [0.717, 1.165) is 11.1 Å². The van der Waals surface area contributed by atoms with Crippen LogP contribution in [0.3, 0.4) is 0 Å². The molecule has 7 N–H and O–H groups in total. The monoisotopic (exact) mass is 705 g/mol. The number of amidine groups is 1. The molecule has 1 heterocycles. The summed E-state index contributed by atoms with van der Waals surface area (Å²) in [7, 11) is 0. The number of hydrogen-bond acceptors (Lipinski definition) is 9. The number of nitrogens with two attached hydrogens (primary N) is 2. The first-order chi connectivity index (χ1) is 23.7. The molecule has 0 spiro atoms. The van der Waals surface area contributed by atoms with Crippen molar-refractivity contribution in [1.29, 1.82) is 0 Å². The lowest BCUT2D eigenvalue weighted by Crippen LogP contribution is -2.35. The van der Waals surface area contributed by atoms with Gasteiger partial charge in [-0.15, -0.1) is 0 Å². The van der Waals surface area contributed by atoms with Crippen LogP contribution in [-0.2, 0) is 34.0 Å². The van der Waals surface area contributed by atoms with Gasteiger partial charge in [0.2, 0.25) is 5.91 Å². The predicted molar refractivity (Wildman–Crippen MR) is 197 cm³/mol. The number of ether oxygens (including phenoxy) is 1. The quantitative estimate of drug-likeness (QED) is 0.0779. The molecular formula is C36H44ClN7O6. The van der Waals surface area contributed by atoms with Gasteiger partial charge in [0.1, 0.15) is 30.5 Å². The van der Waals surface area contributed by atoms with Crippen LogP contribution in [0.2, 0.25) is 5.15 Å². The Hall–Kier alpha value is -5.69. The number of aromatic hydroxyl groups is 1. The molecule has 0 bridgehead atoms. The third-order valence-electron chi connectivity index (χ3n) is 6.22. The molecule has 13 nitrogen and oxygen atoms in total. The van der Waals surface area contributed by atoms with Crippen LogP contribution in [-0.4, -0.2) is 44.3 Å². The van der Waals surface area contributed by atoms with E-state index in [-0.39, 0.29) is 65.5 Å². The lowest BCUT2D eigenvalue weighted by atomic mass is 10.1. The van der Waals surface area contributed by atoms with Gasteiger partial charge in [0.25, 0.3) is 5.56 Å². The fourth-order valence-electron chi connectivity index (χ4n) is 4.21. The molecule has 3 aromatic carbocycles. The number of halogens is 1. The summed E-state index contributed by atoms with van der Waals surface area (Å²) in [4.78, 5) is 55.9. The second-order valence-corrected chi connectivity index (χ2v) is 11.4. The van der Waals surface area contributed by atoms with Crippen molar-refractivity contribution < 1.29 is 24.2 Å². The number of carbonyl (C=O) groups is 3. The molecule has 4 rings (SSSR count). The van der Waals surface area contributed by atoms with Gasteiger partial charge in [-0.05, 0) is 51.0 Å². The number of carbonyl (C=O) groups excluding carboxylic acids is 3. The number of rotatable bonds is 10. The van der Waals surface area contributed by atoms with Crippen LogP contribution in [0.1, 0.15) is 58.2 Å². The summed E-state index contributed by atoms with van der Waals surface area (Å²) in [5.41, 5.74) is 14.0. The fraction of sp³-hybridized carbons (Fsp3) is 0.278. The first-order valence-electron chi connectivity index (χ1n) is 15.8. The van der Waals surface area contributed by atoms with E-state index in [1.807, 2.05) is 58.0 Å². The van der Waals surface area contributed by atoms with Crippen LogP contribution in [0, 0.1) is 0 Å². The Labute approximate surface area is 296 Å². The maximum atomic E-state index is 13.4. The van der Waals surface area contributed by atoms with Crippen LogP contribution in [0.4, 0.5) is 16.3 Å². The highest BCUT2D eigenvalue weighted by Crippen LogP contribution is 2.31. The number of aromatic nitrogens is 2.